The molecule has 1 aromatic heterocycles. The number of ether oxygens (including phenoxy) is 1. The fourth-order valence-corrected chi connectivity index (χ4v) is 2.00. The molecule has 0 saturated heterocycles. The van der Waals surface area contributed by atoms with Crippen LogP contribution in [0, 0.1) is 5.92 Å². The highest BCUT2D eigenvalue weighted by Gasteiger charge is 2.22. The molecule has 0 aliphatic carbocycles. The van der Waals surface area contributed by atoms with Gasteiger partial charge in [-0.3, -0.25) is 9.78 Å². The van der Waals surface area contributed by atoms with Crippen molar-refractivity contribution < 1.29 is 9.53 Å². The Labute approximate surface area is 121 Å². The summed E-state index contributed by atoms with van der Waals surface area (Å²) in [5.41, 5.74) is 6.85. The van der Waals surface area contributed by atoms with Crippen LogP contribution in [-0.4, -0.2) is 42.1 Å². The summed E-state index contributed by atoms with van der Waals surface area (Å²) >= 11 is 0. The van der Waals surface area contributed by atoms with E-state index in [0.29, 0.717) is 32.0 Å². The summed E-state index contributed by atoms with van der Waals surface area (Å²) in [6.45, 7) is 5.61. The number of nitrogens with zero attached hydrogens (tertiary/aromatic N) is 2. The van der Waals surface area contributed by atoms with E-state index in [2.05, 4.69) is 18.8 Å². The van der Waals surface area contributed by atoms with Crippen molar-refractivity contribution >= 4 is 5.91 Å². The second kappa shape index (κ2) is 8.66. The van der Waals surface area contributed by atoms with E-state index in [4.69, 9.17) is 10.5 Å². The summed E-state index contributed by atoms with van der Waals surface area (Å²) in [7, 11) is 1.62. The normalized spacial score (nSPS) is 12.4. The summed E-state index contributed by atoms with van der Waals surface area (Å²) in [5.74, 6) is 0.356. The smallest absolute Gasteiger partial charge is 0.239 e. The fourth-order valence-electron chi connectivity index (χ4n) is 2.00. The number of hydrogen-bond donors (Lipinski definition) is 1. The number of carbonyl (C=O) groups excluding carboxylic acids is 1. The molecule has 0 aliphatic heterocycles. The number of rotatable bonds is 8. The van der Waals surface area contributed by atoms with Crippen LogP contribution in [0.3, 0.4) is 0 Å². The average molecular weight is 279 g/mol. The summed E-state index contributed by atoms with van der Waals surface area (Å²) in [6, 6.07) is 5.21. The van der Waals surface area contributed by atoms with E-state index in [1.54, 1.807) is 18.2 Å². The van der Waals surface area contributed by atoms with Gasteiger partial charge >= 0.3 is 0 Å². The van der Waals surface area contributed by atoms with Crippen molar-refractivity contribution in [3.8, 4) is 0 Å². The van der Waals surface area contributed by atoms with E-state index >= 15 is 0 Å². The predicted molar refractivity (Wildman–Crippen MR) is 79.0 cm³/mol. The van der Waals surface area contributed by atoms with Gasteiger partial charge in [-0.1, -0.05) is 19.9 Å². The molecule has 0 radical (unpaired) electrons. The zero-order valence-electron chi connectivity index (χ0n) is 12.6. The number of methoxy groups -OCH3 is 1. The molecule has 0 saturated carbocycles. The van der Waals surface area contributed by atoms with Gasteiger partial charge in [-0.25, -0.2) is 0 Å². The Bertz CT molecular complexity index is 395. The molecule has 1 heterocycles. The molecule has 112 valence electrons. The van der Waals surface area contributed by atoms with Crippen molar-refractivity contribution in [2.45, 2.75) is 32.9 Å². The summed E-state index contributed by atoms with van der Waals surface area (Å²) < 4.78 is 5.07. The quantitative estimate of drug-likeness (QED) is 0.781. The average Bonchev–Trinajstić information content (AvgIpc) is 2.43. The summed E-state index contributed by atoms with van der Waals surface area (Å²) in [6.07, 6.45) is 2.41. The lowest BCUT2D eigenvalue weighted by molar-refractivity contribution is -0.134. The van der Waals surface area contributed by atoms with E-state index in [0.717, 1.165) is 5.69 Å². The van der Waals surface area contributed by atoms with Gasteiger partial charge in [0.2, 0.25) is 5.91 Å². The highest BCUT2D eigenvalue weighted by Crippen LogP contribution is 2.08. The molecule has 0 aliphatic rings. The Kier molecular flexibility index (Phi) is 7.18. The first-order valence-electron chi connectivity index (χ1n) is 6.97. The van der Waals surface area contributed by atoms with E-state index in [9.17, 15) is 4.79 Å². The zero-order valence-corrected chi connectivity index (χ0v) is 12.6. The topological polar surface area (TPSA) is 68.5 Å². The van der Waals surface area contributed by atoms with E-state index in [1.807, 2.05) is 18.2 Å². The van der Waals surface area contributed by atoms with Gasteiger partial charge in [-0.2, -0.15) is 0 Å². The molecule has 2 N–H and O–H groups in total. The lowest BCUT2D eigenvalue weighted by Crippen LogP contribution is -2.45. The zero-order chi connectivity index (χ0) is 15.0. The van der Waals surface area contributed by atoms with Crippen molar-refractivity contribution in [2.24, 2.45) is 11.7 Å². The van der Waals surface area contributed by atoms with Crippen molar-refractivity contribution in [1.82, 2.24) is 9.88 Å². The van der Waals surface area contributed by atoms with Crippen LogP contribution in [0.25, 0.3) is 0 Å². The Hall–Kier alpha value is -1.46. The van der Waals surface area contributed by atoms with E-state index < -0.39 is 6.04 Å². The monoisotopic (exact) mass is 279 g/mol. The van der Waals surface area contributed by atoms with E-state index in [-0.39, 0.29) is 5.91 Å². The second-order valence-electron chi connectivity index (χ2n) is 5.31. The molecule has 5 nitrogen and oxygen atoms in total. The minimum absolute atomic E-state index is 0.0404. The Balaban J connectivity index is 2.70. The first-order valence-corrected chi connectivity index (χ1v) is 6.97. The molecule has 0 bridgehead atoms. The number of aromatic nitrogens is 1. The molecule has 0 fully saturated rings. The molecule has 5 heteroatoms. The van der Waals surface area contributed by atoms with Gasteiger partial charge in [0.1, 0.15) is 0 Å². The summed E-state index contributed by atoms with van der Waals surface area (Å²) in [4.78, 5) is 18.4. The third-order valence-electron chi connectivity index (χ3n) is 3.00. The third kappa shape index (κ3) is 5.67. The first kappa shape index (κ1) is 16.6. The van der Waals surface area contributed by atoms with Crippen molar-refractivity contribution in [1.29, 1.82) is 0 Å². The van der Waals surface area contributed by atoms with Crippen LogP contribution < -0.4 is 5.73 Å². The van der Waals surface area contributed by atoms with Gasteiger partial charge in [0.05, 0.1) is 24.9 Å². The van der Waals surface area contributed by atoms with Gasteiger partial charge in [-0.05, 0) is 24.5 Å². The molecule has 0 aromatic carbocycles. The summed E-state index contributed by atoms with van der Waals surface area (Å²) in [5, 5.41) is 0. The van der Waals surface area contributed by atoms with Gasteiger partial charge < -0.3 is 15.4 Å². The number of hydrogen-bond acceptors (Lipinski definition) is 4. The highest BCUT2D eigenvalue weighted by atomic mass is 16.5. The lowest BCUT2D eigenvalue weighted by Gasteiger charge is -2.26. The number of amides is 1. The van der Waals surface area contributed by atoms with E-state index in [1.165, 1.54) is 0 Å². The number of pyridine rings is 1. The van der Waals surface area contributed by atoms with Crippen LogP contribution in [0.1, 0.15) is 26.0 Å². The standard InChI is InChI=1S/C15H25N3O2/c1-12(2)10-14(16)15(19)18(8-9-20-3)11-13-6-4-5-7-17-13/h4-7,12,14H,8-11,16H2,1-3H3. The Morgan fingerprint density at radius 3 is 2.75 bits per heavy atom. The molecule has 1 aromatic rings. The van der Waals surface area contributed by atoms with Crippen LogP contribution in [0.2, 0.25) is 0 Å². The molecule has 1 rings (SSSR count). The second-order valence-corrected chi connectivity index (χ2v) is 5.31. The maximum Gasteiger partial charge on any atom is 0.239 e. The maximum atomic E-state index is 12.4. The van der Waals surface area contributed by atoms with Crippen molar-refractivity contribution in [3.05, 3.63) is 30.1 Å². The SMILES string of the molecule is COCCN(Cc1ccccn1)C(=O)C(N)CC(C)C. The Morgan fingerprint density at radius 1 is 1.45 bits per heavy atom. The first-order chi connectivity index (χ1) is 9.54. The molecule has 0 spiro atoms. The van der Waals surface area contributed by atoms with Crippen LogP contribution in [0.5, 0.6) is 0 Å². The largest absolute Gasteiger partial charge is 0.383 e. The van der Waals surface area contributed by atoms with Gasteiger partial charge in [-0.15, -0.1) is 0 Å². The maximum absolute atomic E-state index is 12.4. The van der Waals surface area contributed by atoms with Crippen LogP contribution in [0.15, 0.2) is 24.4 Å². The number of nitrogens with two attached hydrogens (primary N) is 1. The highest BCUT2D eigenvalue weighted by molar-refractivity contribution is 5.81. The van der Waals surface area contributed by atoms with Crippen molar-refractivity contribution in [3.63, 3.8) is 0 Å². The third-order valence-corrected chi connectivity index (χ3v) is 3.00. The molecule has 1 atom stereocenters. The van der Waals surface area contributed by atoms with Crippen LogP contribution in [-0.2, 0) is 16.1 Å². The minimum atomic E-state index is -0.462. The predicted octanol–water partition coefficient (Wildman–Crippen LogP) is 1.43. The van der Waals surface area contributed by atoms with Crippen LogP contribution in [0.4, 0.5) is 0 Å². The van der Waals surface area contributed by atoms with Crippen LogP contribution >= 0.6 is 0 Å². The lowest BCUT2D eigenvalue weighted by atomic mass is 10.0. The fraction of sp³-hybridized carbons (Fsp3) is 0.600. The van der Waals surface area contributed by atoms with Crippen molar-refractivity contribution in [2.75, 3.05) is 20.3 Å². The molecule has 1 unspecified atom stereocenters. The molecule has 1 amide bonds. The molecule has 20 heavy (non-hydrogen) atoms. The molecular formula is C15H25N3O2. The van der Waals surface area contributed by atoms with Gasteiger partial charge in [0.15, 0.2) is 0 Å². The molecular weight excluding hydrogens is 254 g/mol. The number of carbonyl (C=O) groups is 1. The van der Waals surface area contributed by atoms with Gasteiger partial charge in [0.25, 0.3) is 0 Å². The minimum Gasteiger partial charge on any atom is -0.383 e. The van der Waals surface area contributed by atoms with Gasteiger partial charge in [0, 0.05) is 19.9 Å². The Morgan fingerprint density at radius 2 is 2.20 bits per heavy atom.